The molecule has 1 unspecified atom stereocenters. The second-order valence-corrected chi connectivity index (χ2v) is 7.33. The molecule has 1 aliphatic heterocycles. The fourth-order valence-electron chi connectivity index (χ4n) is 2.26. The number of ether oxygens (including phenoxy) is 1. The summed E-state index contributed by atoms with van der Waals surface area (Å²) in [5, 5.41) is 11.7. The molecule has 2 aromatic rings. The van der Waals surface area contributed by atoms with Gasteiger partial charge >= 0.3 is 5.97 Å². The van der Waals surface area contributed by atoms with E-state index in [1.54, 1.807) is 24.3 Å². The normalized spacial score (nSPS) is 18.2. The summed E-state index contributed by atoms with van der Waals surface area (Å²) < 4.78 is 5.47. The molecule has 2 N–H and O–H groups in total. The summed E-state index contributed by atoms with van der Waals surface area (Å²) in [6, 6.07) is 14.0. The summed E-state index contributed by atoms with van der Waals surface area (Å²) in [7, 11) is 0. The van der Waals surface area contributed by atoms with E-state index in [1.807, 2.05) is 30.3 Å². The zero-order valence-corrected chi connectivity index (χ0v) is 14.7. The number of carboxylic acid groups (broad SMARTS) is 1. The number of hydrogen-bond donors (Lipinski definition) is 3. The summed E-state index contributed by atoms with van der Waals surface area (Å²) in [4.78, 5) is 23.3. The van der Waals surface area contributed by atoms with Crippen molar-refractivity contribution in [3.05, 3.63) is 70.1 Å². The Bertz CT molecular complexity index is 833. The third kappa shape index (κ3) is 4.58. The highest BCUT2D eigenvalue weighted by atomic mass is 32.2. The highest BCUT2D eigenvalue weighted by molar-refractivity contribution is 8.14. The van der Waals surface area contributed by atoms with E-state index in [9.17, 15) is 9.59 Å². The van der Waals surface area contributed by atoms with Gasteiger partial charge in [0.25, 0.3) is 5.91 Å². The zero-order valence-electron chi connectivity index (χ0n) is 13.0. The largest absolute Gasteiger partial charge is 0.489 e. The standard InChI is InChI=1S/C18H15NO4S2/c20-16-15(25-18(24)19-16)9-11-4-6-14(7-5-11)23-10-12-2-1-3-13(8-12)17(21)22/h1-9,18,24H,10H2,(H,19,20)(H,21,22)/b15-9+. The molecule has 1 heterocycles. The molecule has 128 valence electrons. The molecule has 7 heteroatoms. The maximum absolute atomic E-state index is 11.7. The first-order chi connectivity index (χ1) is 12.0. The number of carbonyl (C=O) groups excluding carboxylic acids is 1. The van der Waals surface area contributed by atoms with Crippen molar-refractivity contribution in [1.82, 2.24) is 5.32 Å². The highest BCUT2D eigenvalue weighted by Crippen LogP contribution is 2.31. The van der Waals surface area contributed by atoms with Gasteiger partial charge < -0.3 is 15.2 Å². The fourth-order valence-corrected chi connectivity index (χ4v) is 3.49. The van der Waals surface area contributed by atoms with Crippen LogP contribution in [0.3, 0.4) is 0 Å². The molecule has 1 fully saturated rings. The van der Waals surface area contributed by atoms with Gasteiger partial charge in [0.05, 0.1) is 10.5 Å². The number of carbonyl (C=O) groups is 2. The van der Waals surface area contributed by atoms with E-state index < -0.39 is 5.97 Å². The van der Waals surface area contributed by atoms with E-state index >= 15 is 0 Å². The number of hydrogen-bond acceptors (Lipinski definition) is 5. The van der Waals surface area contributed by atoms with E-state index in [-0.39, 0.29) is 22.8 Å². The highest BCUT2D eigenvalue weighted by Gasteiger charge is 2.23. The van der Waals surface area contributed by atoms with Crippen LogP contribution in [0.2, 0.25) is 0 Å². The summed E-state index contributed by atoms with van der Waals surface area (Å²) in [5.74, 6) is -0.418. The molecule has 0 saturated carbocycles. The van der Waals surface area contributed by atoms with Gasteiger partial charge in [-0.2, -0.15) is 0 Å². The van der Waals surface area contributed by atoms with Gasteiger partial charge in [-0.15, -0.1) is 12.6 Å². The molecule has 0 spiro atoms. The second kappa shape index (κ2) is 7.67. The van der Waals surface area contributed by atoms with E-state index in [0.717, 1.165) is 11.1 Å². The Morgan fingerprint density at radius 1 is 1.28 bits per heavy atom. The van der Waals surface area contributed by atoms with Crippen LogP contribution in [0.15, 0.2) is 53.4 Å². The first-order valence-electron chi connectivity index (χ1n) is 7.43. The molecular weight excluding hydrogens is 358 g/mol. The van der Waals surface area contributed by atoms with E-state index in [1.165, 1.54) is 11.8 Å². The summed E-state index contributed by atoms with van der Waals surface area (Å²) in [6.45, 7) is 0.279. The SMILES string of the molecule is O=C1NC(S)S/C1=C/c1ccc(OCc2cccc(C(=O)O)c2)cc1. The second-order valence-electron chi connectivity index (χ2n) is 5.32. The van der Waals surface area contributed by atoms with Crippen LogP contribution in [0.5, 0.6) is 5.75 Å². The van der Waals surface area contributed by atoms with Gasteiger partial charge in [0.1, 0.15) is 17.1 Å². The Hall–Kier alpha value is -2.38. The molecular formula is C18H15NO4S2. The van der Waals surface area contributed by atoms with E-state index in [2.05, 4.69) is 17.9 Å². The lowest BCUT2D eigenvalue weighted by atomic mass is 10.1. The number of rotatable bonds is 5. The minimum Gasteiger partial charge on any atom is -0.489 e. The summed E-state index contributed by atoms with van der Waals surface area (Å²) in [5.41, 5.74) is 1.91. The van der Waals surface area contributed by atoms with Crippen molar-refractivity contribution in [1.29, 1.82) is 0 Å². The van der Waals surface area contributed by atoms with Crippen LogP contribution in [-0.4, -0.2) is 21.7 Å². The third-order valence-corrected chi connectivity index (χ3v) is 4.82. The van der Waals surface area contributed by atoms with Crippen LogP contribution < -0.4 is 10.1 Å². The predicted octanol–water partition coefficient (Wildman–Crippen LogP) is 3.38. The smallest absolute Gasteiger partial charge is 0.335 e. The predicted molar refractivity (Wildman–Crippen MR) is 101 cm³/mol. The first kappa shape index (κ1) is 17.4. The van der Waals surface area contributed by atoms with Crippen LogP contribution in [0, 0.1) is 0 Å². The Morgan fingerprint density at radius 3 is 2.68 bits per heavy atom. The zero-order chi connectivity index (χ0) is 17.8. The Morgan fingerprint density at radius 2 is 2.04 bits per heavy atom. The molecule has 1 aliphatic rings. The number of aromatic carboxylic acids is 1. The number of benzene rings is 2. The van der Waals surface area contributed by atoms with Gasteiger partial charge in [0.2, 0.25) is 0 Å². The molecule has 2 aromatic carbocycles. The van der Waals surface area contributed by atoms with Gasteiger partial charge in [0, 0.05) is 0 Å². The molecule has 0 aromatic heterocycles. The monoisotopic (exact) mass is 373 g/mol. The van der Waals surface area contributed by atoms with Crippen LogP contribution in [0.4, 0.5) is 0 Å². The molecule has 5 nitrogen and oxygen atoms in total. The molecule has 25 heavy (non-hydrogen) atoms. The van der Waals surface area contributed by atoms with Crippen LogP contribution in [0.25, 0.3) is 6.08 Å². The average Bonchev–Trinajstić information content (AvgIpc) is 2.92. The van der Waals surface area contributed by atoms with Crippen molar-refractivity contribution in [3.8, 4) is 5.75 Å². The van der Waals surface area contributed by atoms with Crippen LogP contribution in [0.1, 0.15) is 21.5 Å². The van der Waals surface area contributed by atoms with Crippen LogP contribution in [-0.2, 0) is 11.4 Å². The van der Waals surface area contributed by atoms with Gasteiger partial charge in [-0.05, 0) is 41.5 Å². The fraction of sp³-hybridized carbons (Fsp3) is 0.111. The minimum atomic E-state index is -0.962. The van der Waals surface area contributed by atoms with Crippen LogP contribution >= 0.6 is 24.4 Å². The van der Waals surface area contributed by atoms with Gasteiger partial charge in [0.15, 0.2) is 0 Å². The molecule has 0 bridgehead atoms. The van der Waals surface area contributed by atoms with Crippen molar-refractivity contribution in [2.45, 2.75) is 11.3 Å². The van der Waals surface area contributed by atoms with Crippen molar-refractivity contribution in [3.63, 3.8) is 0 Å². The average molecular weight is 373 g/mol. The Labute approximate surface area is 154 Å². The number of carboxylic acids is 1. The molecule has 1 amide bonds. The summed E-state index contributed by atoms with van der Waals surface area (Å²) in [6.07, 6.45) is 1.80. The lowest BCUT2D eigenvalue weighted by molar-refractivity contribution is -0.116. The molecule has 3 rings (SSSR count). The maximum Gasteiger partial charge on any atom is 0.335 e. The number of thioether (sulfide) groups is 1. The topological polar surface area (TPSA) is 75.6 Å². The lowest BCUT2D eigenvalue weighted by Gasteiger charge is -2.07. The molecule has 1 atom stereocenters. The van der Waals surface area contributed by atoms with Crippen molar-refractivity contribution in [2.75, 3.05) is 0 Å². The van der Waals surface area contributed by atoms with Crippen molar-refractivity contribution >= 4 is 42.3 Å². The quantitative estimate of drug-likeness (QED) is 0.553. The maximum atomic E-state index is 11.7. The number of thiol groups is 1. The molecule has 0 aliphatic carbocycles. The van der Waals surface area contributed by atoms with E-state index in [0.29, 0.717) is 10.7 Å². The van der Waals surface area contributed by atoms with Gasteiger partial charge in [-0.25, -0.2) is 4.79 Å². The molecule has 0 radical (unpaired) electrons. The lowest BCUT2D eigenvalue weighted by Crippen LogP contribution is -2.19. The number of nitrogens with one attached hydrogen (secondary N) is 1. The van der Waals surface area contributed by atoms with Gasteiger partial charge in [-0.1, -0.05) is 36.0 Å². The summed E-state index contributed by atoms with van der Waals surface area (Å²) >= 11 is 5.58. The number of amides is 1. The Kier molecular flexibility index (Phi) is 5.35. The minimum absolute atomic E-state index is 0.122. The van der Waals surface area contributed by atoms with Crippen molar-refractivity contribution < 1.29 is 19.4 Å². The van der Waals surface area contributed by atoms with Crippen molar-refractivity contribution in [2.24, 2.45) is 0 Å². The van der Waals surface area contributed by atoms with E-state index in [4.69, 9.17) is 9.84 Å². The third-order valence-electron chi connectivity index (χ3n) is 3.47. The Balaban J connectivity index is 1.63. The van der Waals surface area contributed by atoms with Gasteiger partial charge in [-0.3, -0.25) is 4.79 Å². The molecule has 1 saturated heterocycles. The first-order valence-corrected chi connectivity index (χ1v) is 8.83.